The number of benzene rings is 1. The maximum atomic E-state index is 9.76. The third kappa shape index (κ3) is 6.16. The van der Waals surface area contributed by atoms with Crippen molar-refractivity contribution in [3.05, 3.63) is 58.9 Å². The van der Waals surface area contributed by atoms with Gasteiger partial charge in [-0.1, -0.05) is 29.8 Å². The van der Waals surface area contributed by atoms with Gasteiger partial charge < -0.3 is 20.1 Å². The van der Waals surface area contributed by atoms with Crippen LogP contribution in [0.3, 0.4) is 0 Å². The molecular weight excluding hydrogens is 388 g/mol. The fraction of sp³-hybridized carbons (Fsp3) is 0.455. The number of halogens is 1. The van der Waals surface area contributed by atoms with E-state index in [0.29, 0.717) is 24.0 Å². The van der Waals surface area contributed by atoms with E-state index in [4.69, 9.17) is 16.3 Å². The van der Waals surface area contributed by atoms with E-state index in [2.05, 4.69) is 15.3 Å². The SMILES string of the molecule is Cc1cnc(NC2CCCOC2)nc1N(C)/C=C\C[C@H](CO)c1cccc(Cl)c1. The van der Waals surface area contributed by atoms with Crippen LogP contribution < -0.4 is 10.2 Å². The van der Waals surface area contributed by atoms with Gasteiger partial charge in [0.25, 0.3) is 0 Å². The summed E-state index contributed by atoms with van der Waals surface area (Å²) in [4.78, 5) is 11.1. The largest absolute Gasteiger partial charge is 0.396 e. The highest BCUT2D eigenvalue weighted by Crippen LogP contribution is 2.24. The molecule has 0 bridgehead atoms. The molecule has 156 valence electrons. The molecule has 0 spiro atoms. The standard InChI is InChI=1S/C22H29ClN4O2/c1-16-13-24-22(25-20-9-5-11-29-15-20)26-21(16)27(2)10-4-7-18(14-28)17-6-3-8-19(23)12-17/h3-4,6,8,10,12-13,18,20,28H,5,7,9,11,14-15H2,1-2H3,(H,24,25,26)/b10-4-/t18-,20?/m1/s1. The Labute approximate surface area is 177 Å². The zero-order valence-electron chi connectivity index (χ0n) is 17.0. The molecule has 0 radical (unpaired) electrons. The van der Waals surface area contributed by atoms with Crippen molar-refractivity contribution in [2.24, 2.45) is 0 Å². The third-order valence-electron chi connectivity index (χ3n) is 5.06. The smallest absolute Gasteiger partial charge is 0.224 e. The first-order chi connectivity index (χ1) is 14.1. The molecule has 0 aliphatic carbocycles. The quantitative estimate of drug-likeness (QED) is 0.673. The molecule has 6 nitrogen and oxygen atoms in total. The van der Waals surface area contributed by atoms with Crippen LogP contribution in [0.25, 0.3) is 0 Å². The minimum atomic E-state index is 0.00775. The van der Waals surface area contributed by atoms with Gasteiger partial charge in [-0.3, -0.25) is 0 Å². The molecule has 0 saturated carbocycles. The van der Waals surface area contributed by atoms with Crippen molar-refractivity contribution in [2.45, 2.75) is 38.1 Å². The maximum Gasteiger partial charge on any atom is 0.224 e. The molecular formula is C22H29ClN4O2. The van der Waals surface area contributed by atoms with E-state index in [1.165, 1.54) is 0 Å². The molecule has 2 atom stereocenters. The van der Waals surface area contributed by atoms with Gasteiger partial charge in [0.05, 0.1) is 19.3 Å². The van der Waals surface area contributed by atoms with Crippen LogP contribution in [0, 0.1) is 6.92 Å². The highest BCUT2D eigenvalue weighted by molar-refractivity contribution is 6.30. The summed E-state index contributed by atoms with van der Waals surface area (Å²) in [7, 11) is 1.96. The summed E-state index contributed by atoms with van der Waals surface area (Å²) in [6, 6.07) is 7.90. The Bertz CT molecular complexity index is 824. The van der Waals surface area contributed by atoms with E-state index in [1.807, 2.05) is 61.6 Å². The lowest BCUT2D eigenvalue weighted by molar-refractivity contribution is 0.0874. The summed E-state index contributed by atoms with van der Waals surface area (Å²) in [6.07, 6.45) is 8.69. The first kappa shape index (κ1) is 21.6. The van der Waals surface area contributed by atoms with Crippen LogP contribution in [-0.2, 0) is 4.74 Å². The number of aryl methyl sites for hydroxylation is 1. The number of hydrogen-bond acceptors (Lipinski definition) is 6. The molecule has 1 aliphatic heterocycles. The van der Waals surface area contributed by atoms with Gasteiger partial charge in [0, 0.05) is 42.6 Å². The molecule has 2 N–H and O–H groups in total. The lowest BCUT2D eigenvalue weighted by Gasteiger charge is -2.24. The summed E-state index contributed by atoms with van der Waals surface area (Å²) >= 11 is 6.08. The number of anilines is 2. The topological polar surface area (TPSA) is 70.5 Å². The van der Waals surface area contributed by atoms with Crippen molar-refractivity contribution in [3.63, 3.8) is 0 Å². The van der Waals surface area contributed by atoms with Crippen LogP contribution in [-0.4, -0.2) is 48.0 Å². The molecule has 2 heterocycles. The summed E-state index contributed by atoms with van der Waals surface area (Å²) < 4.78 is 5.52. The number of aliphatic hydroxyl groups excluding tert-OH is 1. The molecule has 1 aliphatic rings. The second kappa shape index (κ2) is 10.6. The molecule has 0 amide bonds. The van der Waals surface area contributed by atoms with E-state index in [0.717, 1.165) is 36.4 Å². The molecule has 7 heteroatoms. The van der Waals surface area contributed by atoms with Gasteiger partial charge >= 0.3 is 0 Å². The van der Waals surface area contributed by atoms with Crippen molar-refractivity contribution in [3.8, 4) is 0 Å². The average Bonchev–Trinajstić information content (AvgIpc) is 2.73. The van der Waals surface area contributed by atoms with Crippen LogP contribution in [0.2, 0.25) is 5.02 Å². The van der Waals surface area contributed by atoms with Crippen molar-refractivity contribution in [1.29, 1.82) is 0 Å². The normalized spacial score (nSPS) is 18.0. The summed E-state index contributed by atoms with van der Waals surface area (Å²) in [5.41, 5.74) is 2.03. The van der Waals surface area contributed by atoms with Crippen LogP contribution in [0.15, 0.2) is 42.7 Å². The molecule has 2 aromatic rings. The number of aromatic nitrogens is 2. The van der Waals surface area contributed by atoms with E-state index in [-0.39, 0.29) is 18.6 Å². The zero-order valence-corrected chi connectivity index (χ0v) is 17.8. The Morgan fingerprint density at radius 3 is 3.03 bits per heavy atom. The van der Waals surface area contributed by atoms with Crippen molar-refractivity contribution >= 4 is 23.4 Å². The first-order valence-electron chi connectivity index (χ1n) is 10.0. The molecule has 1 fully saturated rings. The Kier molecular flexibility index (Phi) is 7.86. The molecule has 29 heavy (non-hydrogen) atoms. The van der Waals surface area contributed by atoms with Gasteiger partial charge in [0.2, 0.25) is 5.95 Å². The van der Waals surface area contributed by atoms with Gasteiger partial charge in [-0.05, 0) is 43.9 Å². The van der Waals surface area contributed by atoms with Crippen LogP contribution in [0.5, 0.6) is 0 Å². The zero-order chi connectivity index (χ0) is 20.6. The predicted molar refractivity (Wildman–Crippen MR) is 118 cm³/mol. The number of hydrogen-bond donors (Lipinski definition) is 2. The highest BCUT2D eigenvalue weighted by Gasteiger charge is 2.16. The number of aliphatic hydroxyl groups is 1. The van der Waals surface area contributed by atoms with Crippen LogP contribution in [0.4, 0.5) is 11.8 Å². The number of nitrogens with one attached hydrogen (secondary N) is 1. The molecule has 3 rings (SSSR count). The maximum absolute atomic E-state index is 9.76. The van der Waals surface area contributed by atoms with Gasteiger partial charge in [0.1, 0.15) is 5.82 Å². The van der Waals surface area contributed by atoms with Crippen molar-refractivity contribution in [1.82, 2.24) is 9.97 Å². The Hall–Kier alpha value is -2.15. The Morgan fingerprint density at radius 2 is 2.31 bits per heavy atom. The second-order valence-corrected chi connectivity index (χ2v) is 7.86. The number of nitrogens with zero attached hydrogens (tertiary/aromatic N) is 3. The lowest BCUT2D eigenvalue weighted by Crippen LogP contribution is -2.31. The Morgan fingerprint density at radius 1 is 1.45 bits per heavy atom. The second-order valence-electron chi connectivity index (χ2n) is 7.42. The summed E-state index contributed by atoms with van der Waals surface area (Å²) in [5, 5.41) is 13.8. The number of rotatable bonds is 8. The van der Waals surface area contributed by atoms with Crippen LogP contribution >= 0.6 is 11.6 Å². The molecule has 1 aromatic carbocycles. The third-order valence-corrected chi connectivity index (χ3v) is 5.30. The predicted octanol–water partition coefficient (Wildman–Crippen LogP) is 4.15. The van der Waals surface area contributed by atoms with E-state index >= 15 is 0 Å². The minimum Gasteiger partial charge on any atom is -0.396 e. The summed E-state index contributed by atoms with van der Waals surface area (Å²) in [6.45, 7) is 3.58. The van der Waals surface area contributed by atoms with Crippen molar-refractivity contribution < 1.29 is 9.84 Å². The molecule has 1 aromatic heterocycles. The fourth-order valence-electron chi connectivity index (χ4n) is 3.43. The van der Waals surface area contributed by atoms with E-state index < -0.39 is 0 Å². The lowest BCUT2D eigenvalue weighted by atomic mass is 9.97. The van der Waals surface area contributed by atoms with E-state index in [9.17, 15) is 5.11 Å². The Balaban J connectivity index is 1.64. The number of allylic oxidation sites excluding steroid dienone is 1. The average molecular weight is 417 g/mol. The summed E-state index contributed by atoms with van der Waals surface area (Å²) in [5.74, 6) is 1.47. The van der Waals surface area contributed by atoms with Crippen LogP contribution in [0.1, 0.15) is 36.3 Å². The van der Waals surface area contributed by atoms with Gasteiger partial charge in [-0.25, -0.2) is 4.98 Å². The van der Waals surface area contributed by atoms with Gasteiger partial charge in [-0.2, -0.15) is 4.98 Å². The number of ether oxygens (including phenoxy) is 1. The molecule has 1 saturated heterocycles. The van der Waals surface area contributed by atoms with Gasteiger partial charge in [0.15, 0.2) is 0 Å². The monoisotopic (exact) mass is 416 g/mol. The van der Waals surface area contributed by atoms with E-state index in [1.54, 1.807) is 0 Å². The van der Waals surface area contributed by atoms with Gasteiger partial charge in [-0.15, -0.1) is 0 Å². The van der Waals surface area contributed by atoms with Crippen molar-refractivity contribution in [2.75, 3.05) is 37.1 Å². The minimum absolute atomic E-state index is 0.00775. The molecule has 1 unspecified atom stereocenters. The fourth-order valence-corrected chi connectivity index (χ4v) is 3.63. The first-order valence-corrected chi connectivity index (χ1v) is 10.4. The highest BCUT2D eigenvalue weighted by atomic mass is 35.5.